The topological polar surface area (TPSA) is 170 Å². The van der Waals surface area contributed by atoms with Crippen molar-refractivity contribution in [3.05, 3.63) is 27.8 Å². The zero-order chi connectivity index (χ0) is 20.2. The lowest BCUT2D eigenvalue weighted by molar-refractivity contribution is -0.0501. The lowest BCUT2D eigenvalue weighted by Crippen LogP contribution is -2.33. The molecule has 1 aliphatic heterocycles. The van der Waals surface area contributed by atoms with Crippen LogP contribution >= 0.6 is 27.3 Å². The number of hydrogen-bond donors (Lipinski definition) is 5. The van der Waals surface area contributed by atoms with Gasteiger partial charge in [-0.25, -0.2) is 9.97 Å². The molecule has 4 rings (SSSR count). The third-order valence-corrected chi connectivity index (χ3v) is 6.27. The van der Waals surface area contributed by atoms with Crippen molar-refractivity contribution in [1.82, 2.24) is 14.5 Å². The van der Waals surface area contributed by atoms with Crippen LogP contribution in [0.5, 0.6) is 0 Å². The van der Waals surface area contributed by atoms with E-state index in [1.165, 1.54) is 22.2 Å². The minimum Gasteiger partial charge on any atom is -0.394 e. The number of anilines is 1. The van der Waals surface area contributed by atoms with E-state index in [1.807, 2.05) is 0 Å². The van der Waals surface area contributed by atoms with Gasteiger partial charge in [-0.2, -0.15) is 0 Å². The summed E-state index contributed by atoms with van der Waals surface area (Å²) in [7, 11) is 0. The van der Waals surface area contributed by atoms with Crippen molar-refractivity contribution in [2.75, 3.05) is 12.3 Å². The molecule has 12 heteroatoms. The number of nitrogens with two attached hydrogens (primary N) is 2. The molecule has 1 fully saturated rings. The summed E-state index contributed by atoms with van der Waals surface area (Å²) >= 11 is 4.71. The van der Waals surface area contributed by atoms with Crippen LogP contribution in [0.2, 0.25) is 0 Å². The quantitative estimate of drug-likeness (QED) is 0.361. The van der Waals surface area contributed by atoms with Gasteiger partial charge < -0.3 is 31.5 Å². The third kappa shape index (κ3) is 2.80. The number of aromatic nitrogens is 3. The second-order valence-corrected chi connectivity index (χ2v) is 8.71. The molecule has 0 unspecified atom stereocenters. The van der Waals surface area contributed by atoms with E-state index in [2.05, 4.69) is 25.9 Å². The monoisotopic (exact) mass is 469 g/mol. The largest absolute Gasteiger partial charge is 0.394 e. The predicted octanol–water partition coefficient (Wildman–Crippen LogP) is 0.215. The summed E-state index contributed by atoms with van der Waals surface area (Å²) < 4.78 is 7.95. The first-order valence-electron chi connectivity index (χ1n) is 8.17. The highest BCUT2D eigenvalue weighted by Gasteiger charge is 2.45. The number of hydrogen-bond acceptors (Lipinski definition) is 9. The van der Waals surface area contributed by atoms with E-state index in [-0.39, 0.29) is 22.4 Å². The van der Waals surface area contributed by atoms with Gasteiger partial charge in [-0.05, 0) is 28.1 Å². The van der Waals surface area contributed by atoms with Crippen LogP contribution in [0.25, 0.3) is 21.6 Å². The first-order valence-corrected chi connectivity index (χ1v) is 9.78. The molecule has 0 saturated carbocycles. The summed E-state index contributed by atoms with van der Waals surface area (Å²) in [5.41, 5.74) is 12.3. The number of rotatable bonds is 4. The van der Waals surface area contributed by atoms with Gasteiger partial charge in [-0.15, -0.1) is 11.3 Å². The number of nitrogens with zero attached hydrogens (tertiary/aromatic N) is 3. The minimum absolute atomic E-state index is 0.0427. The molecule has 28 heavy (non-hydrogen) atoms. The number of primary amides is 1. The van der Waals surface area contributed by atoms with Crippen molar-refractivity contribution in [2.45, 2.75) is 24.5 Å². The van der Waals surface area contributed by atoms with Crippen molar-refractivity contribution in [3.8, 4) is 10.6 Å². The highest BCUT2D eigenvalue weighted by molar-refractivity contribution is 9.11. The summed E-state index contributed by atoms with van der Waals surface area (Å²) in [6.07, 6.45) is -3.63. The average molecular weight is 470 g/mol. The Labute approximate surface area is 170 Å². The molecule has 0 aliphatic carbocycles. The fourth-order valence-corrected chi connectivity index (χ4v) is 4.86. The van der Waals surface area contributed by atoms with Gasteiger partial charge in [0.1, 0.15) is 36.1 Å². The molecule has 0 aromatic carbocycles. The van der Waals surface area contributed by atoms with Gasteiger partial charge in [0.2, 0.25) is 0 Å². The van der Waals surface area contributed by atoms with Gasteiger partial charge in [0.15, 0.2) is 6.23 Å². The number of thiophene rings is 1. The number of ether oxygens (including phenoxy) is 1. The van der Waals surface area contributed by atoms with Crippen molar-refractivity contribution >= 4 is 50.0 Å². The highest BCUT2D eigenvalue weighted by atomic mass is 79.9. The molecule has 0 bridgehead atoms. The Kier molecular flexibility index (Phi) is 4.85. The van der Waals surface area contributed by atoms with Gasteiger partial charge >= 0.3 is 0 Å². The first kappa shape index (κ1) is 19.2. The molecular weight excluding hydrogens is 454 g/mol. The van der Waals surface area contributed by atoms with Crippen LogP contribution in [0.4, 0.5) is 5.82 Å². The van der Waals surface area contributed by atoms with Crippen molar-refractivity contribution in [3.63, 3.8) is 0 Å². The second-order valence-electron chi connectivity index (χ2n) is 6.25. The van der Waals surface area contributed by atoms with E-state index in [0.29, 0.717) is 10.6 Å². The smallest absolute Gasteiger partial charge is 0.251 e. The summed E-state index contributed by atoms with van der Waals surface area (Å²) in [5.74, 6) is -0.710. The van der Waals surface area contributed by atoms with Crippen molar-refractivity contribution in [1.29, 1.82) is 0 Å². The normalized spacial score (nSPS) is 24.9. The summed E-state index contributed by atoms with van der Waals surface area (Å²) in [6.45, 7) is -0.492. The Hall–Kier alpha value is -2.09. The highest BCUT2D eigenvalue weighted by Crippen LogP contribution is 2.43. The van der Waals surface area contributed by atoms with E-state index in [0.717, 1.165) is 3.79 Å². The number of aliphatic hydroxyl groups excluding tert-OH is 3. The Morgan fingerprint density at radius 2 is 2.07 bits per heavy atom. The number of nitrogen functional groups attached to an aromatic ring is 1. The zero-order valence-electron chi connectivity index (χ0n) is 14.2. The SMILES string of the molecule is NC(=O)c1c(-c2ccc(Br)s2)n([C@H]2O[C@@H](CO)[C@@H](O)[C@@H]2O)c2ncnc(N)c12. The Morgan fingerprint density at radius 3 is 2.64 bits per heavy atom. The van der Waals surface area contributed by atoms with Crippen molar-refractivity contribution in [2.24, 2.45) is 5.73 Å². The summed E-state index contributed by atoms with van der Waals surface area (Å²) in [6, 6.07) is 3.55. The molecule has 3 aromatic heterocycles. The number of amides is 1. The Balaban J connectivity index is 2.08. The fourth-order valence-electron chi connectivity index (χ4n) is 3.42. The van der Waals surface area contributed by atoms with E-state index >= 15 is 0 Å². The average Bonchev–Trinajstić information content (AvgIpc) is 3.31. The molecule has 148 valence electrons. The van der Waals surface area contributed by atoms with Crippen molar-refractivity contribution < 1.29 is 24.9 Å². The lowest BCUT2D eigenvalue weighted by atomic mass is 10.1. The molecule has 0 radical (unpaired) electrons. The van der Waals surface area contributed by atoms with E-state index in [9.17, 15) is 20.1 Å². The van der Waals surface area contributed by atoms with Crippen LogP contribution < -0.4 is 11.5 Å². The number of fused-ring (bicyclic) bond motifs is 1. The maximum Gasteiger partial charge on any atom is 0.251 e. The Bertz CT molecular complexity index is 1070. The van der Waals surface area contributed by atoms with Gasteiger partial charge in [-0.1, -0.05) is 0 Å². The minimum atomic E-state index is -1.38. The van der Waals surface area contributed by atoms with E-state index in [1.54, 1.807) is 12.1 Å². The fraction of sp³-hybridized carbons (Fsp3) is 0.312. The van der Waals surface area contributed by atoms with Crippen LogP contribution in [0.3, 0.4) is 0 Å². The zero-order valence-corrected chi connectivity index (χ0v) is 16.6. The van der Waals surface area contributed by atoms with Gasteiger partial charge in [0.25, 0.3) is 5.91 Å². The molecule has 4 atom stereocenters. The molecule has 4 heterocycles. The predicted molar refractivity (Wildman–Crippen MR) is 104 cm³/mol. The molecule has 1 saturated heterocycles. The maximum absolute atomic E-state index is 12.4. The number of aliphatic hydroxyl groups is 3. The number of carbonyl (C=O) groups is 1. The molecule has 0 spiro atoms. The van der Waals surface area contributed by atoms with Crippen LogP contribution in [-0.2, 0) is 4.74 Å². The van der Waals surface area contributed by atoms with Gasteiger partial charge in [0, 0.05) is 0 Å². The molecule has 7 N–H and O–H groups in total. The second kappa shape index (κ2) is 7.06. The van der Waals surface area contributed by atoms with Crippen LogP contribution in [-0.4, -0.2) is 60.7 Å². The Morgan fingerprint density at radius 1 is 1.32 bits per heavy atom. The van der Waals surface area contributed by atoms with Crippen LogP contribution in [0.15, 0.2) is 22.2 Å². The molecular formula is C16H16BrN5O5S. The molecule has 1 amide bonds. The van der Waals surface area contributed by atoms with Crippen LogP contribution in [0, 0.1) is 0 Å². The lowest BCUT2D eigenvalue weighted by Gasteiger charge is -2.20. The van der Waals surface area contributed by atoms with Crippen LogP contribution in [0.1, 0.15) is 16.6 Å². The molecule has 10 nitrogen and oxygen atoms in total. The first-order chi connectivity index (χ1) is 13.3. The summed E-state index contributed by atoms with van der Waals surface area (Å²) in [5, 5.41) is 30.4. The molecule has 3 aromatic rings. The maximum atomic E-state index is 12.4. The summed E-state index contributed by atoms with van der Waals surface area (Å²) in [4.78, 5) is 21.2. The number of carbonyl (C=O) groups excluding carboxylic acids is 1. The van der Waals surface area contributed by atoms with E-state index < -0.39 is 37.1 Å². The van der Waals surface area contributed by atoms with Gasteiger partial charge in [0.05, 0.1) is 31.9 Å². The standard InChI is InChI=1S/C16H16BrN5O5S/c17-7-2-1-6(28-7)10-8(14(19)26)9-13(18)20-4-21-15(9)22(10)16-12(25)11(24)5(3-23)27-16/h1-2,4-5,11-12,16,23-25H,3H2,(H2,19,26)(H2,18,20,21)/t5-,11+,12-,16-/m0/s1. The van der Waals surface area contributed by atoms with Gasteiger partial charge in [-0.3, -0.25) is 9.36 Å². The molecule has 1 aliphatic rings. The third-order valence-electron chi connectivity index (χ3n) is 4.64. The number of halogens is 1. The van der Waals surface area contributed by atoms with E-state index in [4.69, 9.17) is 16.2 Å².